The third-order valence-corrected chi connectivity index (χ3v) is 5.11. The van der Waals surface area contributed by atoms with Crippen LogP contribution in [0.15, 0.2) is 64.3 Å². The predicted octanol–water partition coefficient (Wildman–Crippen LogP) is 5.20. The summed E-state index contributed by atoms with van der Waals surface area (Å²) in [5, 5.41) is 6.49. The zero-order valence-corrected chi connectivity index (χ0v) is 15.6. The lowest BCUT2D eigenvalue weighted by Crippen LogP contribution is -2.34. The molecule has 0 spiro atoms. The minimum atomic E-state index is -0.930. The van der Waals surface area contributed by atoms with Crippen LogP contribution in [0.1, 0.15) is 42.5 Å². The van der Waals surface area contributed by atoms with Crippen LogP contribution in [0.2, 0.25) is 0 Å². The molecule has 29 heavy (non-hydrogen) atoms. The van der Waals surface area contributed by atoms with Crippen LogP contribution in [0.5, 0.6) is 11.5 Å². The molecule has 0 saturated carbocycles. The molecular weight excluding hydrogens is 378 g/mol. The highest BCUT2D eigenvalue weighted by molar-refractivity contribution is 5.99. The van der Waals surface area contributed by atoms with E-state index in [-0.39, 0.29) is 6.04 Å². The molecule has 0 N–H and O–H groups in total. The number of fused-ring (bicyclic) bond motifs is 3. The van der Waals surface area contributed by atoms with Crippen molar-refractivity contribution in [3.05, 3.63) is 83.3 Å². The molecule has 0 unspecified atom stereocenters. The van der Waals surface area contributed by atoms with Crippen molar-refractivity contribution >= 4 is 5.71 Å². The Hall–Kier alpha value is -3.35. The molecule has 2 aromatic carbocycles. The molecule has 2 aliphatic heterocycles. The molecule has 0 fully saturated rings. The summed E-state index contributed by atoms with van der Waals surface area (Å²) in [6.45, 7) is 2.38. The van der Waals surface area contributed by atoms with Crippen molar-refractivity contribution in [1.29, 1.82) is 0 Å². The fourth-order valence-electron chi connectivity index (χ4n) is 3.83. The van der Waals surface area contributed by atoms with Crippen LogP contribution >= 0.6 is 0 Å². The number of rotatable bonds is 4. The van der Waals surface area contributed by atoms with Crippen molar-refractivity contribution in [3.63, 3.8) is 0 Å². The Balaban J connectivity index is 1.63. The molecule has 3 aromatic rings. The lowest BCUT2D eigenvalue weighted by Gasteiger charge is -2.38. The molecule has 1 aromatic heterocycles. The zero-order chi connectivity index (χ0) is 20.0. The normalized spacial score (nSPS) is 20.0. The van der Waals surface area contributed by atoms with Gasteiger partial charge in [0.25, 0.3) is 0 Å². The van der Waals surface area contributed by atoms with E-state index in [0.29, 0.717) is 35.9 Å². The van der Waals surface area contributed by atoms with Crippen molar-refractivity contribution in [2.45, 2.75) is 25.6 Å². The molecule has 148 valence electrons. The topological polar surface area (TPSA) is 47.2 Å². The van der Waals surface area contributed by atoms with Gasteiger partial charge in [-0.1, -0.05) is 18.2 Å². The van der Waals surface area contributed by atoms with E-state index in [4.69, 9.17) is 19.0 Å². The average Bonchev–Trinajstić information content (AvgIpc) is 3.40. The summed E-state index contributed by atoms with van der Waals surface area (Å²) in [6, 6.07) is 13.0. The third kappa shape index (κ3) is 2.93. The van der Waals surface area contributed by atoms with E-state index in [2.05, 4.69) is 0 Å². The Morgan fingerprint density at radius 3 is 2.79 bits per heavy atom. The number of nitrogens with zero attached hydrogens (tertiary/aromatic N) is 2. The van der Waals surface area contributed by atoms with E-state index >= 15 is 0 Å². The van der Waals surface area contributed by atoms with Crippen LogP contribution in [0.25, 0.3) is 0 Å². The highest BCUT2D eigenvalue weighted by atomic mass is 19.2. The highest BCUT2D eigenvalue weighted by Gasteiger charge is 2.42. The average molecular weight is 396 g/mol. The van der Waals surface area contributed by atoms with E-state index in [1.807, 2.05) is 31.2 Å². The lowest BCUT2D eigenvalue weighted by molar-refractivity contribution is -0.0214. The Morgan fingerprint density at radius 1 is 1.14 bits per heavy atom. The SMILES string of the molecule is CCOc1cccc2c1O[C@H](c1ccc(F)c(F)c1)N1N=C(c3ccco3)C[C@@H]21. The van der Waals surface area contributed by atoms with Crippen LogP contribution in [0, 0.1) is 11.6 Å². The standard InChI is InChI=1S/C22H18F2N2O3/c1-2-27-20-6-3-5-14-18-12-17(19-7-4-10-28-19)25-26(18)22(29-21(14)20)13-8-9-15(23)16(24)11-13/h3-11,18,22H,2,12H2,1H3/t18-,22+/m0/s1. The largest absolute Gasteiger partial charge is 0.490 e. The Morgan fingerprint density at radius 2 is 2.03 bits per heavy atom. The molecule has 0 radical (unpaired) electrons. The molecule has 5 rings (SSSR count). The van der Waals surface area contributed by atoms with Gasteiger partial charge in [0.05, 0.1) is 18.9 Å². The summed E-state index contributed by atoms with van der Waals surface area (Å²) >= 11 is 0. The van der Waals surface area contributed by atoms with Gasteiger partial charge >= 0.3 is 0 Å². The summed E-state index contributed by atoms with van der Waals surface area (Å²) in [5.41, 5.74) is 2.17. The maximum Gasteiger partial charge on any atom is 0.214 e. The van der Waals surface area contributed by atoms with E-state index in [0.717, 1.165) is 23.4 Å². The minimum Gasteiger partial charge on any atom is -0.490 e. The summed E-state index contributed by atoms with van der Waals surface area (Å²) in [5.74, 6) is 0.0505. The van der Waals surface area contributed by atoms with Crippen LogP contribution in [0.4, 0.5) is 8.78 Å². The number of benzene rings is 2. The quantitative estimate of drug-likeness (QED) is 0.608. The van der Waals surface area contributed by atoms with Gasteiger partial charge in [0.1, 0.15) is 11.5 Å². The Labute approximate surface area is 166 Å². The van der Waals surface area contributed by atoms with Crippen LogP contribution < -0.4 is 9.47 Å². The van der Waals surface area contributed by atoms with E-state index in [1.54, 1.807) is 17.3 Å². The first-order valence-electron chi connectivity index (χ1n) is 9.42. The lowest BCUT2D eigenvalue weighted by atomic mass is 9.97. The number of halogens is 2. The van der Waals surface area contributed by atoms with Crippen molar-refractivity contribution in [2.24, 2.45) is 5.10 Å². The summed E-state index contributed by atoms with van der Waals surface area (Å²) in [4.78, 5) is 0. The van der Waals surface area contributed by atoms with Gasteiger partial charge in [-0.25, -0.2) is 13.8 Å². The number of hydrazone groups is 1. The van der Waals surface area contributed by atoms with Crippen molar-refractivity contribution in [1.82, 2.24) is 5.01 Å². The van der Waals surface area contributed by atoms with E-state index in [9.17, 15) is 8.78 Å². The number of hydrogen-bond donors (Lipinski definition) is 0. The second-order valence-electron chi connectivity index (χ2n) is 6.88. The summed E-state index contributed by atoms with van der Waals surface area (Å²) < 4.78 is 45.0. The minimum absolute atomic E-state index is 0.141. The molecule has 0 aliphatic carbocycles. The van der Waals surface area contributed by atoms with Gasteiger partial charge in [0.2, 0.25) is 6.23 Å². The van der Waals surface area contributed by atoms with Gasteiger partial charge in [-0.3, -0.25) is 0 Å². The van der Waals surface area contributed by atoms with Gasteiger partial charge in [-0.2, -0.15) is 5.10 Å². The molecule has 2 aliphatic rings. The summed E-state index contributed by atoms with van der Waals surface area (Å²) in [7, 11) is 0. The molecule has 0 saturated heterocycles. The van der Waals surface area contributed by atoms with Crippen molar-refractivity contribution < 1.29 is 22.7 Å². The third-order valence-electron chi connectivity index (χ3n) is 5.11. The van der Waals surface area contributed by atoms with Gasteiger partial charge < -0.3 is 13.9 Å². The Bertz CT molecular complexity index is 1080. The first kappa shape index (κ1) is 17.7. The predicted molar refractivity (Wildman–Crippen MR) is 102 cm³/mol. The van der Waals surface area contributed by atoms with Crippen molar-refractivity contribution in [2.75, 3.05) is 6.61 Å². The highest BCUT2D eigenvalue weighted by Crippen LogP contribution is 2.50. The fraction of sp³-hybridized carbons (Fsp3) is 0.227. The fourth-order valence-corrected chi connectivity index (χ4v) is 3.83. The maximum absolute atomic E-state index is 13.9. The second-order valence-corrected chi connectivity index (χ2v) is 6.88. The van der Waals surface area contributed by atoms with Crippen LogP contribution in [-0.4, -0.2) is 17.3 Å². The second kappa shape index (κ2) is 6.92. The van der Waals surface area contributed by atoms with Gasteiger partial charge in [-0.05, 0) is 37.3 Å². The number of furan rings is 1. The summed E-state index contributed by atoms with van der Waals surface area (Å²) in [6.07, 6.45) is 1.47. The van der Waals surface area contributed by atoms with E-state index < -0.39 is 17.9 Å². The molecule has 7 heteroatoms. The molecule has 3 heterocycles. The monoisotopic (exact) mass is 396 g/mol. The number of para-hydroxylation sites is 1. The van der Waals surface area contributed by atoms with Crippen LogP contribution in [-0.2, 0) is 0 Å². The molecule has 5 nitrogen and oxygen atoms in total. The molecule has 2 atom stereocenters. The first-order valence-corrected chi connectivity index (χ1v) is 9.42. The number of hydrogen-bond acceptors (Lipinski definition) is 5. The van der Waals surface area contributed by atoms with Gasteiger partial charge in [0.15, 0.2) is 23.1 Å². The number of ether oxygens (including phenoxy) is 2. The maximum atomic E-state index is 13.9. The smallest absolute Gasteiger partial charge is 0.214 e. The molecule has 0 amide bonds. The zero-order valence-electron chi connectivity index (χ0n) is 15.6. The molecular formula is C22H18F2N2O3. The van der Waals surface area contributed by atoms with Crippen molar-refractivity contribution in [3.8, 4) is 11.5 Å². The Kier molecular flexibility index (Phi) is 4.23. The molecule has 0 bridgehead atoms. The first-order chi connectivity index (χ1) is 14.2. The van der Waals surface area contributed by atoms with Crippen LogP contribution in [0.3, 0.4) is 0 Å². The van der Waals surface area contributed by atoms with Gasteiger partial charge in [0, 0.05) is 17.5 Å². The van der Waals surface area contributed by atoms with E-state index in [1.165, 1.54) is 6.07 Å². The van der Waals surface area contributed by atoms with Gasteiger partial charge in [-0.15, -0.1) is 0 Å².